The standard InChI is InChI=1S/C20H34O4/c1-2-3-6-9-17(21)14-12-16-13-15-19(22)18(16)10-7-4-5-8-11-20(23)24/h4,7,12,14,16-19,21-22H,2-3,5-6,8-11,13,15H2,1H3,(H,23,24)/b7-4+,14-12+/t16-,17+,18-,19+/m1/s1. The predicted octanol–water partition coefficient (Wildman–Crippen LogP) is 4.07. The number of hydrogen-bond donors (Lipinski definition) is 3. The summed E-state index contributed by atoms with van der Waals surface area (Å²) in [5.74, 6) is -0.221. The van der Waals surface area contributed by atoms with Gasteiger partial charge in [-0.15, -0.1) is 0 Å². The van der Waals surface area contributed by atoms with E-state index in [1.165, 1.54) is 0 Å². The summed E-state index contributed by atoms with van der Waals surface area (Å²) in [6.07, 6.45) is 15.9. The molecule has 0 amide bonds. The number of rotatable bonds is 12. The second-order valence-electron chi connectivity index (χ2n) is 6.91. The van der Waals surface area contributed by atoms with Gasteiger partial charge in [-0.25, -0.2) is 0 Å². The fourth-order valence-electron chi connectivity index (χ4n) is 3.36. The Morgan fingerprint density at radius 2 is 2.00 bits per heavy atom. The quantitative estimate of drug-likeness (QED) is 0.370. The molecule has 3 N–H and O–H groups in total. The van der Waals surface area contributed by atoms with Gasteiger partial charge in [0.15, 0.2) is 0 Å². The van der Waals surface area contributed by atoms with Gasteiger partial charge in [0.1, 0.15) is 0 Å². The van der Waals surface area contributed by atoms with Crippen LogP contribution < -0.4 is 0 Å². The monoisotopic (exact) mass is 338 g/mol. The van der Waals surface area contributed by atoms with E-state index in [2.05, 4.69) is 19.1 Å². The molecular formula is C20H34O4. The second-order valence-corrected chi connectivity index (χ2v) is 6.91. The van der Waals surface area contributed by atoms with E-state index in [9.17, 15) is 15.0 Å². The minimum atomic E-state index is -0.752. The van der Waals surface area contributed by atoms with Gasteiger partial charge in [0.25, 0.3) is 0 Å². The topological polar surface area (TPSA) is 77.8 Å². The van der Waals surface area contributed by atoms with E-state index in [4.69, 9.17) is 5.11 Å². The first-order chi connectivity index (χ1) is 11.5. The van der Waals surface area contributed by atoms with E-state index in [0.717, 1.165) is 51.4 Å². The third-order valence-electron chi connectivity index (χ3n) is 4.86. The number of carboxylic acids is 1. The van der Waals surface area contributed by atoms with Crippen LogP contribution in [0.25, 0.3) is 0 Å². The lowest BCUT2D eigenvalue weighted by Gasteiger charge is -2.18. The van der Waals surface area contributed by atoms with E-state index in [1.54, 1.807) is 0 Å². The Labute approximate surface area is 146 Å². The molecule has 0 aliphatic heterocycles. The number of aliphatic carboxylic acids is 1. The highest BCUT2D eigenvalue weighted by Gasteiger charge is 2.32. The van der Waals surface area contributed by atoms with Crippen molar-refractivity contribution in [3.05, 3.63) is 24.3 Å². The average molecular weight is 338 g/mol. The number of hydrogen-bond acceptors (Lipinski definition) is 3. The molecule has 0 saturated heterocycles. The summed E-state index contributed by atoms with van der Waals surface area (Å²) in [5, 5.41) is 28.8. The highest BCUT2D eigenvalue weighted by Crippen LogP contribution is 2.36. The van der Waals surface area contributed by atoms with Gasteiger partial charge < -0.3 is 15.3 Å². The first-order valence-corrected chi connectivity index (χ1v) is 9.45. The van der Waals surface area contributed by atoms with Crippen molar-refractivity contribution in [3.8, 4) is 0 Å². The third-order valence-corrected chi connectivity index (χ3v) is 4.86. The van der Waals surface area contributed by atoms with Crippen molar-refractivity contribution in [2.24, 2.45) is 11.8 Å². The third kappa shape index (κ3) is 8.65. The first kappa shape index (κ1) is 20.9. The first-order valence-electron chi connectivity index (χ1n) is 9.45. The van der Waals surface area contributed by atoms with Gasteiger partial charge in [-0.05, 0) is 50.4 Å². The molecule has 4 nitrogen and oxygen atoms in total. The summed E-state index contributed by atoms with van der Waals surface area (Å²) < 4.78 is 0. The van der Waals surface area contributed by atoms with Crippen LogP contribution in [0.1, 0.15) is 71.1 Å². The summed E-state index contributed by atoms with van der Waals surface area (Å²) in [5.41, 5.74) is 0. The van der Waals surface area contributed by atoms with Crippen LogP contribution >= 0.6 is 0 Å². The van der Waals surface area contributed by atoms with Crippen LogP contribution in [0.3, 0.4) is 0 Å². The van der Waals surface area contributed by atoms with Crippen LogP contribution in [0.4, 0.5) is 0 Å². The molecule has 4 heteroatoms. The van der Waals surface area contributed by atoms with Crippen molar-refractivity contribution in [2.75, 3.05) is 0 Å². The van der Waals surface area contributed by atoms with Crippen LogP contribution in [-0.2, 0) is 4.79 Å². The van der Waals surface area contributed by atoms with Gasteiger partial charge in [-0.3, -0.25) is 4.79 Å². The number of aliphatic hydroxyl groups excluding tert-OH is 2. The molecule has 0 aromatic rings. The van der Waals surface area contributed by atoms with Gasteiger partial charge >= 0.3 is 5.97 Å². The van der Waals surface area contributed by atoms with E-state index in [1.807, 2.05) is 12.2 Å². The maximum atomic E-state index is 10.5. The molecule has 1 aliphatic rings. The molecule has 0 unspecified atom stereocenters. The molecule has 1 rings (SSSR count). The van der Waals surface area contributed by atoms with Crippen molar-refractivity contribution in [2.45, 2.75) is 83.3 Å². The SMILES string of the molecule is CCCCC[C@H](O)/C=C/[C@@H]1CC[C@H](O)[C@@H]1C/C=C/CCCC(=O)O. The number of allylic oxidation sites excluding steroid dienone is 3. The van der Waals surface area contributed by atoms with Gasteiger partial charge in [-0.1, -0.05) is 50.5 Å². The van der Waals surface area contributed by atoms with E-state index in [-0.39, 0.29) is 24.5 Å². The van der Waals surface area contributed by atoms with Crippen LogP contribution in [0.15, 0.2) is 24.3 Å². The van der Waals surface area contributed by atoms with Crippen molar-refractivity contribution in [3.63, 3.8) is 0 Å². The fraction of sp³-hybridized carbons (Fsp3) is 0.750. The van der Waals surface area contributed by atoms with Crippen LogP contribution in [0, 0.1) is 11.8 Å². The summed E-state index contributed by atoms with van der Waals surface area (Å²) in [6, 6.07) is 0. The Kier molecular flexibility index (Phi) is 10.7. The van der Waals surface area contributed by atoms with Gasteiger partial charge in [-0.2, -0.15) is 0 Å². The van der Waals surface area contributed by atoms with Crippen molar-refractivity contribution < 1.29 is 20.1 Å². The molecule has 0 aromatic heterocycles. The molecular weight excluding hydrogens is 304 g/mol. The molecule has 24 heavy (non-hydrogen) atoms. The lowest BCUT2D eigenvalue weighted by molar-refractivity contribution is -0.137. The molecule has 1 saturated carbocycles. The fourth-order valence-corrected chi connectivity index (χ4v) is 3.36. The lowest BCUT2D eigenvalue weighted by Crippen LogP contribution is -2.17. The number of carbonyl (C=O) groups is 1. The zero-order valence-electron chi connectivity index (χ0n) is 14.9. The summed E-state index contributed by atoms with van der Waals surface area (Å²) >= 11 is 0. The van der Waals surface area contributed by atoms with Crippen LogP contribution in [0.2, 0.25) is 0 Å². The second kappa shape index (κ2) is 12.3. The number of unbranched alkanes of at least 4 members (excludes halogenated alkanes) is 3. The Morgan fingerprint density at radius 3 is 2.71 bits per heavy atom. The Bertz CT molecular complexity index is 402. The summed E-state index contributed by atoms with van der Waals surface area (Å²) in [6.45, 7) is 2.15. The Morgan fingerprint density at radius 1 is 1.21 bits per heavy atom. The molecule has 1 aliphatic carbocycles. The van der Waals surface area contributed by atoms with E-state index >= 15 is 0 Å². The summed E-state index contributed by atoms with van der Waals surface area (Å²) in [7, 11) is 0. The molecule has 1 fully saturated rings. The lowest BCUT2D eigenvalue weighted by atomic mass is 9.90. The van der Waals surface area contributed by atoms with E-state index < -0.39 is 5.97 Å². The highest BCUT2D eigenvalue weighted by molar-refractivity contribution is 5.66. The molecule has 138 valence electrons. The van der Waals surface area contributed by atoms with Gasteiger partial charge in [0.2, 0.25) is 0 Å². The van der Waals surface area contributed by atoms with E-state index in [0.29, 0.717) is 12.3 Å². The predicted molar refractivity (Wildman–Crippen MR) is 96.8 cm³/mol. The van der Waals surface area contributed by atoms with Crippen LogP contribution in [-0.4, -0.2) is 33.5 Å². The minimum absolute atomic E-state index is 0.206. The normalized spacial score (nSPS) is 25.7. The molecule has 0 aromatic carbocycles. The number of carboxylic acid groups (broad SMARTS) is 1. The smallest absolute Gasteiger partial charge is 0.303 e. The maximum Gasteiger partial charge on any atom is 0.303 e. The van der Waals surface area contributed by atoms with Gasteiger partial charge in [0.05, 0.1) is 12.2 Å². The maximum absolute atomic E-state index is 10.5. The summed E-state index contributed by atoms with van der Waals surface area (Å²) in [4.78, 5) is 10.5. The van der Waals surface area contributed by atoms with Gasteiger partial charge in [0, 0.05) is 6.42 Å². The molecule has 4 atom stereocenters. The minimum Gasteiger partial charge on any atom is -0.481 e. The van der Waals surface area contributed by atoms with Crippen molar-refractivity contribution in [1.82, 2.24) is 0 Å². The Hall–Kier alpha value is -1.13. The van der Waals surface area contributed by atoms with Crippen molar-refractivity contribution >= 4 is 5.97 Å². The Balaban J connectivity index is 2.35. The average Bonchev–Trinajstić information content (AvgIpc) is 2.89. The molecule has 0 heterocycles. The molecule has 0 spiro atoms. The molecule has 0 bridgehead atoms. The van der Waals surface area contributed by atoms with Crippen LogP contribution in [0.5, 0.6) is 0 Å². The highest BCUT2D eigenvalue weighted by atomic mass is 16.4. The zero-order valence-corrected chi connectivity index (χ0v) is 14.9. The molecule has 0 radical (unpaired) electrons. The van der Waals surface area contributed by atoms with Crippen molar-refractivity contribution in [1.29, 1.82) is 0 Å². The zero-order chi connectivity index (χ0) is 17.8. The largest absolute Gasteiger partial charge is 0.481 e. The number of aliphatic hydroxyl groups is 2.